The van der Waals surface area contributed by atoms with Crippen LogP contribution < -0.4 is 0 Å². The first kappa shape index (κ1) is 10.3. The van der Waals surface area contributed by atoms with E-state index >= 15 is 0 Å². The number of benzene rings is 1. The molecule has 1 N–H and O–H groups in total. The Morgan fingerprint density at radius 3 is 2.43 bits per heavy atom. The zero-order chi connectivity index (χ0) is 10.2. The molecular weight excluding hydrogens is 219 g/mol. The molecule has 1 aliphatic rings. The minimum atomic E-state index is 0.136. The summed E-state index contributed by atoms with van der Waals surface area (Å²) < 4.78 is 0. The summed E-state index contributed by atoms with van der Waals surface area (Å²) in [6.07, 6.45) is 3.13. The largest absolute Gasteiger partial charge is 0.396 e. The Bertz CT molecular complexity index is 345. The summed E-state index contributed by atoms with van der Waals surface area (Å²) in [6, 6.07) is 5.68. The van der Waals surface area contributed by atoms with Crippen LogP contribution in [0.25, 0.3) is 0 Å². The summed E-state index contributed by atoms with van der Waals surface area (Å²) in [7, 11) is 0. The highest BCUT2D eigenvalue weighted by atomic mass is 35.5. The molecule has 3 heteroatoms. The van der Waals surface area contributed by atoms with Gasteiger partial charge in [0.25, 0.3) is 0 Å². The van der Waals surface area contributed by atoms with Crippen molar-refractivity contribution in [2.24, 2.45) is 5.41 Å². The fourth-order valence-electron chi connectivity index (χ4n) is 1.65. The van der Waals surface area contributed by atoms with Crippen LogP contribution in [-0.4, -0.2) is 11.7 Å². The maximum atomic E-state index is 9.18. The Kier molecular flexibility index (Phi) is 2.74. The van der Waals surface area contributed by atoms with Gasteiger partial charge >= 0.3 is 0 Å². The van der Waals surface area contributed by atoms with Crippen molar-refractivity contribution >= 4 is 23.2 Å². The van der Waals surface area contributed by atoms with Gasteiger partial charge in [-0.3, -0.25) is 0 Å². The fraction of sp³-hybridized carbons (Fsp3) is 0.455. The van der Waals surface area contributed by atoms with Crippen LogP contribution in [-0.2, 0) is 6.42 Å². The van der Waals surface area contributed by atoms with Gasteiger partial charge in [-0.25, -0.2) is 0 Å². The minimum absolute atomic E-state index is 0.136. The molecule has 0 radical (unpaired) electrons. The first-order chi connectivity index (χ1) is 6.65. The van der Waals surface area contributed by atoms with Crippen molar-refractivity contribution in [2.45, 2.75) is 19.3 Å². The second-order valence-electron chi connectivity index (χ2n) is 4.08. The van der Waals surface area contributed by atoms with Crippen LogP contribution in [0.1, 0.15) is 18.4 Å². The first-order valence-corrected chi connectivity index (χ1v) is 5.46. The van der Waals surface area contributed by atoms with Gasteiger partial charge in [0.1, 0.15) is 0 Å². The molecular formula is C11H12Cl2O. The van der Waals surface area contributed by atoms with Gasteiger partial charge in [-0.2, -0.15) is 0 Å². The molecule has 0 aliphatic heterocycles. The molecule has 0 bridgehead atoms. The van der Waals surface area contributed by atoms with Crippen LogP contribution in [0.2, 0.25) is 10.0 Å². The molecule has 14 heavy (non-hydrogen) atoms. The lowest BCUT2D eigenvalue weighted by Gasteiger charge is -2.11. The molecule has 1 aromatic carbocycles. The van der Waals surface area contributed by atoms with Gasteiger partial charge in [0.2, 0.25) is 0 Å². The number of hydrogen-bond acceptors (Lipinski definition) is 1. The lowest BCUT2D eigenvalue weighted by molar-refractivity contribution is 0.211. The van der Waals surface area contributed by atoms with E-state index in [0.29, 0.717) is 10.0 Å². The molecule has 1 aromatic rings. The van der Waals surface area contributed by atoms with Gasteiger partial charge < -0.3 is 5.11 Å². The Labute approximate surface area is 93.7 Å². The molecule has 1 fully saturated rings. The van der Waals surface area contributed by atoms with Gasteiger partial charge in [0.15, 0.2) is 0 Å². The summed E-state index contributed by atoms with van der Waals surface area (Å²) in [5.41, 5.74) is 1.29. The van der Waals surface area contributed by atoms with Crippen molar-refractivity contribution in [3.63, 3.8) is 0 Å². The van der Waals surface area contributed by atoms with E-state index < -0.39 is 0 Å². The molecule has 0 spiro atoms. The van der Waals surface area contributed by atoms with E-state index in [0.717, 1.165) is 24.8 Å². The number of aliphatic hydroxyl groups is 1. The maximum Gasteiger partial charge on any atom is 0.0595 e. The van der Waals surface area contributed by atoms with Gasteiger partial charge in [0.05, 0.1) is 10.0 Å². The Hall–Kier alpha value is -0.240. The quantitative estimate of drug-likeness (QED) is 0.846. The highest BCUT2D eigenvalue weighted by Gasteiger charge is 2.41. The van der Waals surface area contributed by atoms with Gasteiger partial charge in [-0.1, -0.05) is 29.3 Å². The Balaban J connectivity index is 2.14. The van der Waals surface area contributed by atoms with Gasteiger partial charge in [-0.05, 0) is 42.4 Å². The van der Waals surface area contributed by atoms with E-state index in [1.165, 1.54) is 0 Å². The monoisotopic (exact) mass is 230 g/mol. The summed E-state index contributed by atoms with van der Waals surface area (Å²) in [5, 5.41) is 10.4. The van der Waals surface area contributed by atoms with E-state index in [1.54, 1.807) is 0 Å². The SMILES string of the molecule is OCC1(Cc2ccc(Cl)c(Cl)c2)CC1. The van der Waals surface area contributed by atoms with E-state index in [4.69, 9.17) is 23.2 Å². The van der Waals surface area contributed by atoms with E-state index in [-0.39, 0.29) is 12.0 Å². The second-order valence-corrected chi connectivity index (χ2v) is 4.90. The Morgan fingerprint density at radius 2 is 1.93 bits per heavy atom. The third-order valence-corrected chi connectivity index (χ3v) is 3.59. The summed E-state index contributed by atoms with van der Waals surface area (Å²) in [4.78, 5) is 0. The summed E-state index contributed by atoms with van der Waals surface area (Å²) in [6.45, 7) is 0.271. The smallest absolute Gasteiger partial charge is 0.0595 e. The van der Waals surface area contributed by atoms with Crippen molar-refractivity contribution in [1.29, 1.82) is 0 Å². The van der Waals surface area contributed by atoms with Crippen LogP contribution in [0, 0.1) is 5.41 Å². The minimum Gasteiger partial charge on any atom is -0.396 e. The van der Waals surface area contributed by atoms with E-state index in [1.807, 2.05) is 18.2 Å². The van der Waals surface area contributed by atoms with Crippen LogP contribution in [0.4, 0.5) is 0 Å². The maximum absolute atomic E-state index is 9.18. The van der Waals surface area contributed by atoms with Gasteiger partial charge in [-0.15, -0.1) is 0 Å². The second kappa shape index (κ2) is 3.73. The Morgan fingerprint density at radius 1 is 1.21 bits per heavy atom. The van der Waals surface area contributed by atoms with Crippen LogP contribution >= 0.6 is 23.2 Å². The molecule has 76 valence electrons. The zero-order valence-corrected chi connectivity index (χ0v) is 9.28. The zero-order valence-electron chi connectivity index (χ0n) is 7.76. The topological polar surface area (TPSA) is 20.2 Å². The standard InChI is InChI=1S/C11H12Cl2O/c12-9-2-1-8(5-10(9)13)6-11(7-14)3-4-11/h1-2,5,14H,3-4,6-7H2. The van der Waals surface area contributed by atoms with Gasteiger partial charge in [0, 0.05) is 6.61 Å². The third kappa shape index (κ3) is 2.05. The molecule has 1 nitrogen and oxygen atoms in total. The molecule has 0 heterocycles. The molecule has 1 saturated carbocycles. The lowest BCUT2D eigenvalue weighted by Crippen LogP contribution is -2.09. The number of hydrogen-bond donors (Lipinski definition) is 1. The molecule has 0 amide bonds. The third-order valence-electron chi connectivity index (χ3n) is 2.86. The van der Waals surface area contributed by atoms with Crippen LogP contribution in [0.3, 0.4) is 0 Å². The molecule has 2 rings (SSSR count). The molecule has 0 saturated heterocycles. The van der Waals surface area contributed by atoms with E-state index in [9.17, 15) is 5.11 Å². The number of aliphatic hydroxyl groups excluding tert-OH is 1. The highest BCUT2D eigenvalue weighted by molar-refractivity contribution is 6.42. The van der Waals surface area contributed by atoms with Crippen molar-refractivity contribution in [2.75, 3.05) is 6.61 Å². The normalized spacial score (nSPS) is 18.2. The number of rotatable bonds is 3. The highest BCUT2D eigenvalue weighted by Crippen LogP contribution is 2.48. The van der Waals surface area contributed by atoms with Crippen molar-refractivity contribution in [3.8, 4) is 0 Å². The average molecular weight is 231 g/mol. The summed E-state index contributed by atoms with van der Waals surface area (Å²) >= 11 is 11.7. The molecule has 0 aromatic heterocycles. The van der Waals surface area contributed by atoms with Crippen molar-refractivity contribution in [3.05, 3.63) is 33.8 Å². The lowest BCUT2D eigenvalue weighted by atomic mass is 9.98. The van der Waals surface area contributed by atoms with Crippen LogP contribution in [0.15, 0.2) is 18.2 Å². The molecule has 0 atom stereocenters. The predicted octanol–water partition coefficient (Wildman–Crippen LogP) is 3.31. The predicted molar refractivity (Wildman–Crippen MR) is 58.9 cm³/mol. The fourth-order valence-corrected chi connectivity index (χ4v) is 1.97. The molecule has 1 aliphatic carbocycles. The van der Waals surface area contributed by atoms with Crippen LogP contribution in [0.5, 0.6) is 0 Å². The van der Waals surface area contributed by atoms with Crippen molar-refractivity contribution in [1.82, 2.24) is 0 Å². The molecule has 0 unspecified atom stereocenters. The first-order valence-electron chi connectivity index (χ1n) is 4.70. The average Bonchev–Trinajstić information content (AvgIpc) is 2.93. The van der Waals surface area contributed by atoms with Crippen molar-refractivity contribution < 1.29 is 5.11 Å². The van der Waals surface area contributed by atoms with E-state index in [2.05, 4.69) is 0 Å². The summed E-state index contributed by atoms with van der Waals surface area (Å²) in [5.74, 6) is 0. The number of halogens is 2.